The topological polar surface area (TPSA) is 83.8 Å². The maximum absolute atomic E-state index is 12.8. The molecule has 0 saturated carbocycles. The highest BCUT2D eigenvalue weighted by atomic mass is 32.2. The third-order valence-corrected chi connectivity index (χ3v) is 7.79. The fraction of sp³-hybridized carbons (Fsp3) is 0.185. The number of hydrogen-bond acceptors (Lipinski definition) is 4. The van der Waals surface area contributed by atoms with E-state index < -0.39 is 10.0 Å². The SMILES string of the molecule is O=C(Nc1ccc(-c2cn3ccccc3n2)cc1)C1CCN(S(=O)(=O)C=Cc2ccccc2)CC1. The average Bonchev–Trinajstić information content (AvgIpc) is 3.33. The molecular formula is C27H26N4O3S. The Morgan fingerprint density at radius 2 is 1.66 bits per heavy atom. The Bertz CT molecular complexity index is 1420. The number of anilines is 1. The summed E-state index contributed by atoms with van der Waals surface area (Å²) in [5.74, 6) is -0.306. The third-order valence-electron chi connectivity index (χ3n) is 6.23. The normalized spacial score (nSPS) is 15.5. The van der Waals surface area contributed by atoms with Gasteiger partial charge in [-0.2, -0.15) is 4.31 Å². The predicted molar refractivity (Wildman–Crippen MR) is 138 cm³/mol. The second kappa shape index (κ2) is 9.85. The van der Waals surface area contributed by atoms with Crippen LogP contribution >= 0.6 is 0 Å². The molecule has 0 spiro atoms. The van der Waals surface area contributed by atoms with E-state index in [9.17, 15) is 13.2 Å². The van der Waals surface area contributed by atoms with E-state index in [4.69, 9.17) is 0 Å². The monoisotopic (exact) mass is 486 g/mol. The Morgan fingerprint density at radius 1 is 0.943 bits per heavy atom. The van der Waals surface area contributed by atoms with Crippen molar-refractivity contribution < 1.29 is 13.2 Å². The van der Waals surface area contributed by atoms with Gasteiger partial charge in [0.25, 0.3) is 0 Å². The predicted octanol–water partition coefficient (Wildman–Crippen LogP) is 4.65. The molecule has 1 N–H and O–H groups in total. The minimum Gasteiger partial charge on any atom is -0.326 e. The minimum absolute atomic E-state index is 0.0812. The molecule has 0 radical (unpaired) electrons. The zero-order valence-electron chi connectivity index (χ0n) is 19.1. The molecule has 1 amide bonds. The number of nitrogens with one attached hydrogen (secondary N) is 1. The standard InChI is InChI=1S/C27H26N4O3S/c32-27(23-13-17-31(18-14-23)35(33,34)19-15-21-6-2-1-3-7-21)28-24-11-9-22(10-12-24)25-20-30-16-5-4-8-26(30)29-25/h1-12,15-16,19-20,23H,13-14,17-18H2,(H,28,32). The summed E-state index contributed by atoms with van der Waals surface area (Å²) in [5, 5.41) is 4.21. The van der Waals surface area contributed by atoms with Crippen LogP contribution in [0.5, 0.6) is 0 Å². The summed E-state index contributed by atoms with van der Waals surface area (Å²) in [6, 6.07) is 22.8. The number of hydrogen-bond donors (Lipinski definition) is 1. The summed E-state index contributed by atoms with van der Waals surface area (Å²) >= 11 is 0. The number of pyridine rings is 1. The van der Waals surface area contributed by atoms with Gasteiger partial charge in [-0.15, -0.1) is 0 Å². The first kappa shape index (κ1) is 23.0. The molecule has 0 atom stereocenters. The summed E-state index contributed by atoms with van der Waals surface area (Å²) in [4.78, 5) is 17.4. The molecule has 5 rings (SSSR count). The van der Waals surface area contributed by atoms with Crippen LogP contribution in [-0.4, -0.2) is 41.1 Å². The molecule has 2 aromatic carbocycles. The van der Waals surface area contributed by atoms with E-state index in [1.165, 1.54) is 9.71 Å². The average molecular weight is 487 g/mol. The first-order valence-corrected chi connectivity index (χ1v) is 13.1. The van der Waals surface area contributed by atoms with Gasteiger partial charge in [-0.1, -0.05) is 48.5 Å². The van der Waals surface area contributed by atoms with E-state index in [-0.39, 0.29) is 11.8 Å². The van der Waals surface area contributed by atoms with Crippen molar-refractivity contribution in [3.8, 4) is 11.3 Å². The Labute approximate surface area is 204 Å². The van der Waals surface area contributed by atoms with E-state index in [1.807, 2.05) is 89.6 Å². The first-order valence-electron chi connectivity index (χ1n) is 11.6. The molecule has 4 aromatic rings. The number of piperidine rings is 1. The molecule has 1 aliphatic rings. The number of imidazole rings is 1. The third kappa shape index (κ3) is 5.34. The lowest BCUT2D eigenvalue weighted by Gasteiger charge is -2.29. The van der Waals surface area contributed by atoms with Crippen molar-refractivity contribution in [3.63, 3.8) is 0 Å². The Balaban J connectivity index is 1.16. The van der Waals surface area contributed by atoms with E-state index in [2.05, 4.69) is 10.3 Å². The zero-order valence-corrected chi connectivity index (χ0v) is 19.9. The number of carbonyl (C=O) groups is 1. The molecule has 7 nitrogen and oxygen atoms in total. The van der Waals surface area contributed by atoms with E-state index in [0.717, 1.165) is 22.5 Å². The maximum atomic E-state index is 12.8. The molecule has 35 heavy (non-hydrogen) atoms. The summed E-state index contributed by atoms with van der Waals surface area (Å²) in [6.07, 6.45) is 6.51. The fourth-order valence-corrected chi connectivity index (χ4v) is 5.45. The molecular weight excluding hydrogens is 460 g/mol. The maximum Gasteiger partial charge on any atom is 0.236 e. The molecule has 3 heterocycles. The first-order chi connectivity index (χ1) is 17.0. The Hall–Kier alpha value is -3.75. The summed E-state index contributed by atoms with van der Waals surface area (Å²) < 4.78 is 28.7. The molecule has 0 aliphatic carbocycles. The molecule has 2 aromatic heterocycles. The second-order valence-corrected chi connectivity index (χ2v) is 10.4. The van der Waals surface area contributed by atoms with Gasteiger partial charge in [-0.3, -0.25) is 4.79 Å². The lowest BCUT2D eigenvalue weighted by molar-refractivity contribution is -0.120. The quantitative estimate of drug-likeness (QED) is 0.430. The smallest absolute Gasteiger partial charge is 0.236 e. The van der Waals surface area contributed by atoms with Crippen LogP contribution in [0.2, 0.25) is 0 Å². The summed E-state index contributed by atoms with van der Waals surface area (Å²) in [5.41, 5.74) is 4.25. The van der Waals surface area contributed by atoms with E-state index in [1.54, 1.807) is 6.08 Å². The number of aromatic nitrogens is 2. The molecule has 1 saturated heterocycles. The number of fused-ring (bicyclic) bond motifs is 1. The van der Waals surface area contributed by atoms with Crippen LogP contribution in [0, 0.1) is 5.92 Å². The number of benzene rings is 2. The van der Waals surface area contributed by atoms with Crippen molar-refractivity contribution in [2.45, 2.75) is 12.8 Å². The molecule has 0 bridgehead atoms. The lowest BCUT2D eigenvalue weighted by atomic mass is 9.97. The van der Waals surface area contributed by atoms with Gasteiger partial charge in [0.2, 0.25) is 15.9 Å². The van der Waals surface area contributed by atoms with Gasteiger partial charge in [0.15, 0.2) is 0 Å². The number of rotatable bonds is 6. The molecule has 1 aliphatic heterocycles. The van der Waals surface area contributed by atoms with Crippen molar-refractivity contribution in [1.29, 1.82) is 0 Å². The fourth-order valence-electron chi connectivity index (χ4n) is 4.23. The highest BCUT2D eigenvalue weighted by molar-refractivity contribution is 7.92. The lowest BCUT2D eigenvalue weighted by Crippen LogP contribution is -2.40. The molecule has 1 fully saturated rings. The van der Waals surface area contributed by atoms with Crippen molar-refractivity contribution in [1.82, 2.24) is 13.7 Å². The van der Waals surface area contributed by atoms with Crippen molar-refractivity contribution >= 4 is 33.3 Å². The number of amides is 1. The van der Waals surface area contributed by atoms with Crippen molar-refractivity contribution in [3.05, 3.63) is 96.2 Å². The number of nitrogens with zero attached hydrogens (tertiary/aromatic N) is 3. The van der Waals surface area contributed by atoms with Crippen molar-refractivity contribution in [2.75, 3.05) is 18.4 Å². The highest BCUT2D eigenvalue weighted by Gasteiger charge is 2.30. The summed E-state index contributed by atoms with van der Waals surface area (Å²) in [6.45, 7) is 0.652. The van der Waals surface area contributed by atoms with Crippen LogP contribution in [-0.2, 0) is 14.8 Å². The van der Waals surface area contributed by atoms with E-state index >= 15 is 0 Å². The van der Waals surface area contributed by atoms with E-state index in [0.29, 0.717) is 31.6 Å². The van der Waals surface area contributed by atoms with Crippen LogP contribution < -0.4 is 5.32 Å². The van der Waals surface area contributed by atoms with Crippen LogP contribution in [0.1, 0.15) is 18.4 Å². The zero-order chi connectivity index (χ0) is 24.3. The number of carbonyl (C=O) groups excluding carboxylic acids is 1. The molecule has 178 valence electrons. The van der Waals surface area contributed by atoms with Crippen LogP contribution in [0.3, 0.4) is 0 Å². The van der Waals surface area contributed by atoms with Gasteiger partial charge in [-0.05, 0) is 48.7 Å². The van der Waals surface area contributed by atoms with Gasteiger partial charge in [0.05, 0.1) is 5.69 Å². The Morgan fingerprint density at radius 3 is 2.37 bits per heavy atom. The largest absolute Gasteiger partial charge is 0.326 e. The second-order valence-electron chi connectivity index (χ2n) is 8.59. The van der Waals surface area contributed by atoms with Gasteiger partial charge in [0, 0.05) is 48.1 Å². The van der Waals surface area contributed by atoms with Crippen molar-refractivity contribution in [2.24, 2.45) is 5.92 Å². The van der Waals surface area contributed by atoms with Gasteiger partial charge in [0.1, 0.15) is 5.65 Å². The Kier molecular flexibility index (Phi) is 6.48. The summed E-state index contributed by atoms with van der Waals surface area (Å²) in [7, 11) is -3.52. The van der Waals surface area contributed by atoms with Gasteiger partial charge in [-0.25, -0.2) is 13.4 Å². The number of sulfonamides is 1. The molecule has 8 heteroatoms. The van der Waals surface area contributed by atoms with Gasteiger partial charge >= 0.3 is 0 Å². The minimum atomic E-state index is -3.52. The van der Waals surface area contributed by atoms with Crippen LogP contribution in [0.25, 0.3) is 23.0 Å². The van der Waals surface area contributed by atoms with Gasteiger partial charge < -0.3 is 9.72 Å². The van der Waals surface area contributed by atoms with Crippen LogP contribution in [0.15, 0.2) is 90.6 Å². The highest BCUT2D eigenvalue weighted by Crippen LogP contribution is 2.24. The van der Waals surface area contributed by atoms with Crippen LogP contribution in [0.4, 0.5) is 5.69 Å². The molecule has 0 unspecified atom stereocenters.